The van der Waals surface area contributed by atoms with Crippen molar-refractivity contribution in [1.29, 1.82) is 0 Å². The molecule has 2 aromatic rings. The Morgan fingerprint density at radius 1 is 0.938 bits per heavy atom. The summed E-state index contributed by atoms with van der Waals surface area (Å²) in [7, 11) is -0.451. The molecule has 0 fully saturated rings. The molecule has 0 saturated carbocycles. The maximum atomic E-state index is 6.66. The highest BCUT2D eigenvalue weighted by atomic mass is 28.3. The van der Waals surface area contributed by atoms with E-state index in [0.717, 1.165) is 50.0 Å². The van der Waals surface area contributed by atoms with Gasteiger partial charge >= 0.3 is 0 Å². The van der Waals surface area contributed by atoms with Gasteiger partial charge in [0.15, 0.2) is 0 Å². The Morgan fingerprint density at radius 2 is 1.66 bits per heavy atom. The fourth-order valence-corrected chi connectivity index (χ4v) is 3.87. The summed E-state index contributed by atoms with van der Waals surface area (Å²) in [5.74, 6) is 7.86. The normalized spacial score (nSPS) is 20.0. The monoisotopic (exact) mass is 445 g/mol. The average molecular weight is 446 g/mol. The van der Waals surface area contributed by atoms with Crippen molar-refractivity contribution in [2.45, 2.75) is 76.3 Å². The summed E-state index contributed by atoms with van der Waals surface area (Å²) in [6.45, 7) is 10.8. The largest absolute Gasteiger partial charge is 0.489 e. The zero-order chi connectivity index (χ0) is 22.9. The quantitative estimate of drug-likeness (QED) is 0.251. The van der Waals surface area contributed by atoms with Gasteiger partial charge in [-0.1, -0.05) is 81.3 Å². The van der Waals surface area contributed by atoms with Crippen LogP contribution < -0.4 is 4.74 Å². The molecule has 2 nitrogen and oxygen atoms in total. The lowest BCUT2D eigenvalue weighted by atomic mass is 9.89. The standard InChI is InChI=1S/C29H37O2Si/c1-28(2,32(3)4)24-31-29(20-11-6-5-7-12-21-29)22-19-25-15-17-27(18-16-25)30-23-26-13-9-8-10-14-26/h5-6,8-10,13-18H,7,11-12,20-21,23-24H2,1-4H3/b6-5-. The first-order valence-electron chi connectivity index (χ1n) is 11.8. The van der Waals surface area contributed by atoms with Crippen molar-refractivity contribution in [1.82, 2.24) is 0 Å². The van der Waals surface area contributed by atoms with E-state index >= 15 is 0 Å². The second kappa shape index (κ2) is 11.5. The highest BCUT2D eigenvalue weighted by molar-refractivity contribution is 6.59. The minimum atomic E-state index is -0.451. The number of allylic oxidation sites excluding steroid dienone is 2. The Bertz CT molecular complexity index is 919. The lowest BCUT2D eigenvalue weighted by Crippen LogP contribution is -2.37. The fraction of sp³-hybridized carbons (Fsp3) is 0.448. The second-order valence-corrected chi connectivity index (χ2v) is 13.0. The highest BCUT2D eigenvalue weighted by Gasteiger charge is 2.33. The van der Waals surface area contributed by atoms with Crippen molar-refractivity contribution in [2.24, 2.45) is 0 Å². The molecule has 0 saturated heterocycles. The summed E-state index contributed by atoms with van der Waals surface area (Å²) in [6, 6.07) is 18.3. The van der Waals surface area contributed by atoms with Gasteiger partial charge < -0.3 is 9.47 Å². The molecule has 0 bridgehead atoms. The molecule has 3 rings (SSSR count). The van der Waals surface area contributed by atoms with Crippen molar-refractivity contribution < 1.29 is 9.47 Å². The van der Waals surface area contributed by atoms with Gasteiger partial charge in [0.05, 0.1) is 15.4 Å². The maximum Gasteiger partial charge on any atom is 0.129 e. The van der Waals surface area contributed by atoms with E-state index < -0.39 is 8.80 Å². The van der Waals surface area contributed by atoms with Crippen molar-refractivity contribution in [3.8, 4) is 17.6 Å². The molecule has 0 N–H and O–H groups in total. The van der Waals surface area contributed by atoms with Crippen LogP contribution in [0.2, 0.25) is 18.1 Å². The molecule has 0 aliphatic heterocycles. The van der Waals surface area contributed by atoms with E-state index in [1.165, 1.54) is 5.56 Å². The van der Waals surface area contributed by atoms with Gasteiger partial charge in [-0.15, -0.1) is 0 Å². The van der Waals surface area contributed by atoms with E-state index in [-0.39, 0.29) is 10.6 Å². The predicted molar refractivity (Wildman–Crippen MR) is 137 cm³/mol. The Hall–Kier alpha value is -2.28. The van der Waals surface area contributed by atoms with Crippen molar-refractivity contribution in [3.05, 3.63) is 77.9 Å². The summed E-state index contributed by atoms with van der Waals surface area (Å²) in [6.07, 6.45) is 9.80. The summed E-state index contributed by atoms with van der Waals surface area (Å²) >= 11 is 0. The minimum Gasteiger partial charge on any atom is -0.489 e. The molecular formula is C29H37O2Si. The Labute approximate surface area is 196 Å². The van der Waals surface area contributed by atoms with Crippen LogP contribution in [0.25, 0.3) is 0 Å². The summed E-state index contributed by atoms with van der Waals surface area (Å²) < 4.78 is 12.6. The highest BCUT2D eigenvalue weighted by Crippen LogP contribution is 2.34. The fourth-order valence-electron chi connectivity index (χ4n) is 3.51. The Balaban J connectivity index is 1.70. The molecule has 169 valence electrons. The molecule has 0 spiro atoms. The van der Waals surface area contributed by atoms with E-state index in [2.05, 4.69) is 63.1 Å². The minimum absolute atomic E-state index is 0.231. The van der Waals surface area contributed by atoms with Crippen LogP contribution in [0.3, 0.4) is 0 Å². The molecule has 1 unspecified atom stereocenters. The molecule has 3 heteroatoms. The van der Waals surface area contributed by atoms with Gasteiger partial charge in [-0.25, -0.2) is 0 Å². The van der Waals surface area contributed by atoms with Crippen LogP contribution >= 0.6 is 0 Å². The van der Waals surface area contributed by atoms with Gasteiger partial charge in [0.25, 0.3) is 0 Å². The molecule has 1 aliphatic carbocycles. The lowest BCUT2D eigenvalue weighted by molar-refractivity contribution is -0.0247. The second-order valence-electron chi connectivity index (χ2n) is 9.62. The van der Waals surface area contributed by atoms with E-state index in [0.29, 0.717) is 6.61 Å². The van der Waals surface area contributed by atoms with E-state index in [9.17, 15) is 0 Å². The van der Waals surface area contributed by atoms with Gasteiger partial charge in [0.2, 0.25) is 0 Å². The van der Waals surface area contributed by atoms with Crippen LogP contribution in [0.15, 0.2) is 66.7 Å². The van der Waals surface area contributed by atoms with E-state index in [4.69, 9.17) is 9.47 Å². The van der Waals surface area contributed by atoms with Crippen LogP contribution in [0.4, 0.5) is 0 Å². The summed E-state index contributed by atoms with van der Waals surface area (Å²) in [5, 5.41) is 0.231. The molecule has 2 aromatic carbocycles. The van der Waals surface area contributed by atoms with Crippen LogP contribution in [-0.2, 0) is 11.3 Å². The summed E-state index contributed by atoms with van der Waals surface area (Å²) in [4.78, 5) is 0. The topological polar surface area (TPSA) is 18.5 Å². The van der Waals surface area contributed by atoms with Gasteiger partial charge in [-0.2, -0.15) is 0 Å². The van der Waals surface area contributed by atoms with Crippen LogP contribution in [0.1, 0.15) is 57.1 Å². The molecule has 0 aromatic heterocycles. The van der Waals surface area contributed by atoms with Gasteiger partial charge in [-0.3, -0.25) is 0 Å². The van der Waals surface area contributed by atoms with Crippen LogP contribution in [-0.4, -0.2) is 21.0 Å². The molecule has 1 aliphatic rings. The zero-order valence-corrected chi connectivity index (χ0v) is 21.1. The first kappa shape index (κ1) is 24.4. The lowest BCUT2D eigenvalue weighted by Gasteiger charge is -2.35. The predicted octanol–water partition coefficient (Wildman–Crippen LogP) is 7.43. The molecule has 1 radical (unpaired) electrons. The van der Waals surface area contributed by atoms with E-state index in [1.54, 1.807) is 0 Å². The summed E-state index contributed by atoms with van der Waals surface area (Å²) in [5.41, 5.74) is 1.81. The zero-order valence-electron chi connectivity index (χ0n) is 20.1. The molecule has 1 atom stereocenters. The first-order valence-corrected chi connectivity index (χ1v) is 14.3. The van der Waals surface area contributed by atoms with Gasteiger partial charge in [0.1, 0.15) is 18.0 Å². The van der Waals surface area contributed by atoms with Gasteiger partial charge in [-0.05, 0) is 67.0 Å². The van der Waals surface area contributed by atoms with Gasteiger partial charge in [0, 0.05) is 5.56 Å². The number of hydrogen-bond acceptors (Lipinski definition) is 2. The number of rotatable bonds is 7. The maximum absolute atomic E-state index is 6.66. The average Bonchev–Trinajstić information content (AvgIpc) is 2.78. The van der Waals surface area contributed by atoms with Crippen molar-refractivity contribution >= 4 is 8.80 Å². The van der Waals surface area contributed by atoms with E-state index in [1.807, 2.05) is 42.5 Å². The third-order valence-corrected chi connectivity index (χ3v) is 9.28. The molecule has 0 amide bonds. The van der Waals surface area contributed by atoms with Crippen LogP contribution in [0, 0.1) is 11.8 Å². The van der Waals surface area contributed by atoms with Crippen LogP contribution in [0.5, 0.6) is 5.75 Å². The number of ether oxygens (including phenoxy) is 2. The van der Waals surface area contributed by atoms with Crippen molar-refractivity contribution in [3.63, 3.8) is 0 Å². The number of benzene rings is 2. The molecular weight excluding hydrogens is 408 g/mol. The SMILES string of the molecule is C[Si](C)C(C)(C)COC1(C#Cc2ccc(OCc3ccccc3)cc2)CC/C=C\CCC1. The smallest absolute Gasteiger partial charge is 0.129 e. The third-order valence-electron chi connectivity index (χ3n) is 6.43. The Kier molecular flexibility index (Phi) is 8.79. The first-order chi connectivity index (χ1) is 15.4. The Morgan fingerprint density at radius 3 is 2.38 bits per heavy atom. The molecule has 0 heterocycles. The number of hydrogen-bond donors (Lipinski definition) is 0. The third kappa shape index (κ3) is 7.40. The van der Waals surface area contributed by atoms with Crippen molar-refractivity contribution in [2.75, 3.05) is 6.61 Å². The molecule has 32 heavy (non-hydrogen) atoms.